The number of carboxylic acids is 1. The lowest BCUT2D eigenvalue weighted by molar-refractivity contribution is -0.142. The number of nitrogens with two attached hydrogens (primary N) is 1. The molecule has 0 saturated carbocycles. The average Bonchev–Trinajstić information content (AvgIpc) is 3.27. The fourth-order valence-corrected chi connectivity index (χ4v) is 3.94. The summed E-state index contributed by atoms with van der Waals surface area (Å²) in [6, 6.07) is 2.91. The normalized spacial score (nSPS) is 15.4. The molecule has 8 N–H and O–H groups in total. The number of H-pyrrole nitrogens is 1. The number of para-hydroxylation sites is 1. The van der Waals surface area contributed by atoms with Crippen LogP contribution < -0.4 is 21.7 Å². The smallest absolute Gasteiger partial charge is 0.326 e. The minimum Gasteiger partial charge on any atom is -0.480 e. The Hall–Kier alpha value is -3.44. The first-order valence-electron chi connectivity index (χ1n) is 12.5. The lowest BCUT2D eigenvalue weighted by atomic mass is 9.99. The minimum atomic E-state index is -1.34. The molecular weight excluding hydrogens is 478 g/mol. The monoisotopic (exact) mass is 517 g/mol. The van der Waals surface area contributed by atoms with Gasteiger partial charge in [-0.2, -0.15) is 0 Å². The molecule has 0 bridgehead atoms. The molecule has 0 aliphatic rings. The maximum atomic E-state index is 13.2. The highest BCUT2D eigenvalue weighted by molar-refractivity contribution is 5.95. The van der Waals surface area contributed by atoms with Crippen molar-refractivity contribution in [3.05, 3.63) is 36.0 Å². The van der Waals surface area contributed by atoms with Crippen molar-refractivity contribution in [2.75, 3.05) is 6.61 Å². The number of carboxylic acid groups (broad SMARTS) is 1. The van der Waals surface area contributed by atoms with E-state index in [4.69, 9.17) is 5.73 Å². The molecule has 11 heteroatoms. The van der Waals surface area contributed by atoms with E-state index in [0.717, 1.165) is 16.5 Å². The summed E-state index contributed by atoms with van der Waals surface area (Å²) in [6.07, 6.45) is 2.63. The van der Waals surface area contributed by atoms with E-state index in [-0.39, 0.29) is 24.7 Å². The van der Waals surface area contributed by atoms with Gasteiger partial charge in [0, 0.05) is 23.5 Å². The van der Waals surface area contributed by atoms with E-state index in [2.05, 4.69) is 20.9 Å². The van der Waals surface area contributed by atoms with Crippen LogP contribution in [0.3, 0.4) is 0 Å². The number of amides is 3. The summed E-state index contributed by atoms with van der Waals surface area (Å²) in [5, 5.41) is 27.8. The first kappa shape index (κ1) is 29.8. The average molecular weight is 518 g/mol. The molecule has 1 aromatic carbocycles. The van der Waals surface area contributed by atoms with Crippen molar-refractivity contribution >= 4 is 34.6 Å². The molecule has 37 heavy (non-hydrogen) atoms. The number of aliphatic hydroxyl groups excluding tert-OH is 1. The number of hydrogen-bond donors (Lipinski definition) is 7. The van der Waals surface area contributed by atoms with Crippen LogP contribution in [0.15, 0.2) is 30.5 Å². The second-order valence-corrected chi connectivity index (χ2v) is 9.81. The molecule has 0 aliphatic carbocycles. The van der Waals surface area contributed by atoms with Gasteiger partial charge in [-0.05, 0) is 29.9 Å². The van der Waals surface area contributed by atoms with E-state index >= 15 is 0 Å². The van der Waals surface area contributed by atoms with Crippen LogP contribution in [0.5, 0.6) is 0 Å². The molecule has 2 rings (SSSR count). The lowest BCUT2D eigenvalue weighted by Gasteiger charge is -2.25. The predicted octanol–water partition coefficient (Wildman–Crippen LogP) is 0.661. The third-order valence-electron chi connectivity index (χ3n) is 6.43. The summed E-state index contributed by atoms with van der Waals surface area (Å²) in [7, 11) is 0. The van der Waals surface area contributed by atoms with Crippen LogP contribution in [-0.2, 0) is 25.6 Å². The molecule has 0 radical (unpaired) electrons. The van der Waals surface area contributed by atoms with Crippen molar-refractivity contribution in [2.24, 2.45) is 17.6 Å². The van der Waals surface area contributed by atoms with Crippen molar-refractivity contribution in [3.63, 3.8) is 0 Å². The van der Waals surface area contributed by atoms with Gasteiger partial charge in [-0.15, -0.1) is 0 Å². The first-order valence-corrected chi connectivity index (χ1v) is 12.5. The molecule has 0 aliphatic heterocycles. The maximum absolute atomic E-state index is 13.2. The van der Waals surface area contributed by atoms with E-state index < -0.39 is 54.5 Å². The molecule has 5 unspecified atom stereocenters. The van der Waals surface area contributed by atoms with Gasteiger partial charge < -0.3 is 36.9 Å². The molecule has 1 heterocycles. The summed E-state index contributed by atoms with van der Waals surface area (Å²) >= 11 is 0. The Labute approximate surface area is 216 Å². The number of aromatic nitrogens is 1. The van der Waals surface area contributed by atoms with Crippen molar-refractivity contribution in [1.82, 2.24) is 20.9 Å². The van der Waals surface area contributed by atoms with Crippen LogP contribution in [0.2, 0.25) is 0 Å². The molecule has 5 atom stereocenters. The number of aliphatic hydroxyl groups is 1. The Morgan fingerprint density at radius 1 is 0.946 bits per heavy atom. The summed E-state index contributed by atoms with van der Waals surface area (Å²) in [5.41, 5.74) is 7.51. The van der Waals surface area contributed by atoms with E-state index in [0.29, 0.717) is 6.42 Å². The van der Waals surface area contributed by atoms with Crippen molar-refractivity contribution in [1.29, 1.82) is 0 Å². The third-order valence-corrected chi connectivity index (χ3v) is 6.43. The second-order valence-electron chi connectivity index (χ2n) is 9.81. The van der Waals surface area contributed by atoms with Gasteiger partial charge >= 0.3 is 5.97 Å². The highest BCUT2D eigenvalue weighted by Gasteiger charge is 2.31. The Morgan fingerprint density at radius 2 is 1.54 bits per heavy atom. The molecule has 2 aromatic rings. The SMILES string of the molecule is CCC(C)C(N)C(=O)NC(CO)C(=O)NC(Cc1c[nH]c2ccccc12)C(=O)NC(CC(C)C)C(=O)O. The van der Waals surface area contributed by atoms with Crippen molar-refractivity contribution in [2.45, 2.75) is 71.1 Å². The summed E-state index contributed by atoms with van der Waals surface area (Å²) in [5.74, 6) is -3.39. The zero-order valence-corrected chi connectivity index (χ0v) is 21.8. The largest absolute Gasteiger partial charge is 0.480 e. The van der Waals surface area contributed by atoms with Crippen LogP contribution in [0.4, 0.5) is 0 Å². The van der Waals surface area contributed by atoms with E-state index in [9.17, 15) is 29.4 Å². The Morgan fingerprint density at radius 3 is 2.14 bits per heavy atom. The van der Waals surface area contributed by atoms with Crippen molar-refractivity contribution in [3.8, 4) is 0 Å². The highest BCUT2D eigenvalue weighted by Crippen LogP contribution is 2.19. The van der Waals surface area contributed by atoms with Gasteiger partial charge in [-0.3, -0.25) is 14.4 Å². The molecule has 0 fully saturated rings. The van der Waals surface area contributed by atoms with Gasteiger partial charge in [0.25, 0.3) is 0 Å². The number of carbonyl (C=O) groups is 4. The number of carbonyl (C=O) groups excluding carboxylic acids is 3. The summed E-state index contributed by atoms with van der Waals surface area (Å²) in [6.45, 7) is 6.65. The van der Waals surface area contributed by atoms with Crippen molar-refractivity contribution < 1.29 is 29.4 Å². The third kappa shape index (κ3) is 8.29. The Kier molecular flexibility index (Phi) is 11.1. The molecule has 1 aromatic heterocycles. The predicted molar refractivity (Wildman–Crippen MR) is 139 cm³/mol. The molecular formula is C26H39N5O6. The Bertz CT molecular complexity index is 1080. The zero-order valence-electron chi connectivity index (χ0n) is 21.8. The fourth-order valence-electron chi connectivity index (χ4n) is 3.94. The first-order chi connectivity index (χ1) is 17.5. The van der Waals surface area contributed by atoms with Crippen LogP contribution in [0.1, 0.15) is 46.1 Å². The molecule has 0 spiro atoms. The van der Waals surface area contributed by atoms with Gasteiger partial charge in [0.2, 0.25) is 17.7 Å². The Balaban J connectivity index is 2.27. The number of benzene rings is 1. The van der Waals surface area contributed by atoms with E-state index in [1.807, 2.05) is 45.0 Å². The number of fused-ring (bicyclic) bond motifs is 1. The highest BCUT2D eigenvalue weighted by atomic mass is 16.4. The van der Waals surface area contributed by atoms with Crippen LogP contribution in [0, 0.1) is 11.8 Å². The van der Waals surface area contributed by atoms with Gasteiger partial charge in [-0.25, -0.2) is 4.79 Å². The van der Waals surface area contributed by atoms with Gasteiger partial charge in [-0.1, -0.05) is 52.3 Å². The van der Waals surface area contributed by atoms with Crippen LogP contribution >= 0.6 is 0 Å². The fraction of sp³-hybridized carbons (Fsp3) is 0.538. The summed E-state index contributed by atoms with van der Waals surface area (Å²) < 4.78 is 0. The van der Waals surface area contributed by atoms with E-state index in [1.54, 1.807) is 13.1 Å². The second kappa shape index (κ2) is 13.8. The van der Waals surface area contributed by atoms with Gasteiger partial charge in [0.1, 0.15) is 18.1 Å². The van der Waals surface area contributed by atoms with E-state index in [1.165, 1.54) is 0 Å². The molecule has 0 saturated heterocycles. The van der Waals surface area contributed by atoms with Gasteiger partial charge in [0.05, 0.1) is 12.6 Å². The van der Waals surface area contributed by atoms with Crippen LogP contribution in [0.25, 0.3) is 10.9 Å². The number of aromatic amines is 1. The number of rotatable bonds is 14. The standard InChI is InChI=1S/C26H39N5O6/c1-5-15(4)22(27)25(35)31-21(13-32)24(34)29-19(23(33)30-20(26(36)37)10-14(2)3)11-16-12-28-18-9-7-6-8-17(16)18/h6-9,12,14-15,19-22,28,32H,5,10-11,13,27H2,1-4H3,(H,29,34)(H,30,33)(H,31,35)(H,36,37). The quantitative estimate of drug-likeness (QED) is 0.192. The summed E-state index contributed by atoms with van der Waals surface area (Å²) in [4.78, 5) is 53.6. The number of hydrogen-bond acceptors (Lipinski definition) is 6. The van der Waals surface area contributed by atoms with Crippen LogP contribution in [-0.4, -0.2) is 69.7 Å². The topological polar surface area (TPSA) is 187 Å². The maximum Gasteiger partial charge on any atom is 0.326 e. The zero-order chi connectivity index (χ0) is 27.7. The number of nitrogens with one attached hydrogen (secondary N) is 4. The van der Waals surface area contributed by atoms with Gasteiger partial charge in [0.15, 0.2) is 0 Å². The number of aliphatic carboxylic acids is 1. The molecule has 204 valence electrons. The minimum absolute atomic E-state index is 0.00626. The molecule has 3 amide bonds. The lowest BCUT2D eigenvalue weighted by Crippen LogP contribution is -2.59. The molecule has 11 nitrogen and oxygen atoms in total.